The summed E-state index contributed by atoms with van der Waals surface area (Å²) in [5.74, 6) is -0.493. The van der Waals surface area contributed by atoms with Crippen molar-refractivity contribution >= 4 is 29.2 Å². The molecule has 0 bridgehead atoms. The molecule has 0 saturated carbocycles. The van der Waals surface area contributed by atoms with E-state index in [1.165, 1.54) is 41.2 Å². The van der Waals surface area contributed by atoms with Crippen molar-refractivity contribution < 1.29 is 22.8 Å². The van der Waals surface area contributed by atoms with E-state index in [1.807, 2.05) is 70.3 Å². The third-order valence-electron chi connectivity index (χ3n) is 7.74. The minimum Gasteiger partial charge on any atom is -0.338 e. The maximum atomic E-state index is 14.2. The molecule has 2 heterocycles. The topological polar surface area (TPSA) is 43.9 Å². The van der Waals surface area contributed by atoms with Gasteiger partial charge in [-0.05, 0) is 57.3 Å². The monoisotopic (exact) mass is 617 g/mol. The fraction of sp³-hybridized carbons (Fsp3) is 0.257. The van der Waals surface area contributed by atoms with Gasteiger partial charge in [-0.1, -0.05) is 72.8 Å². The summed E-state index contributed by atoms with van der Waals surface area (Å²) in [6, 6.07) is 25.7. The van der Waals surface area contributed by atoms with Crippen LogP contribution in [-0.4, -0.2) is 58.7 Å². The number of hydrogen-bond donors (Lipinski definition) is 0. The Hall–Kier alpha value is -4.21. The summed E-state index contributed by atoms with van der Waals surface area (Å²) in [6.45, 7) is 3.61. The lowest BCUT2D eigenvalue weighted by Crippen LogP contribution is -2.56. The molecule has 0 unspecified atom stereocenters. The lowest BCUT2D eigenvalue weighted by atomic mass is 10.0. The van der Waals surface area contributed by atoms with Gasteiger partial charge >= 0.3 is 6.18 Å². The summed E-state index contributed by atoms with van der Waals surface area (Å²) in [5.41, 5.74) is 2.77. The zero-order valence-corrected chi connectivity index (χ0v) is 25.0. The normalized spacial score (nSPS) is 14.9. The predicted octanol–water partition coefficient (Wildman–Crippen LogP) is 6.76. The molecule has 1 aromatic heterocycles. The van der Waals surface area contributed by atoms with Crippen LogP contribution in [0.4, 0.5) is 13.2 Å². The number of halogens is 3. The van der Waals surface area contributed by atoms with E-state index >= 15 is 0 Å². The quantitative estimate of drug-likeness (QED) is 0.185. The smallest absolute Gasteiger partial charge is 0.338 e. The molecule has 2 amide bonds. The highest BCUT2D eigenvalue weighted by molar-refractivity contribution is 7.07. The average Bonchev–Trinajstić information content (AvgIpc) is 3.56. The van der Waals surface area contributed by atoms with Crippen LogP contribution in [0.25, 0.3) is 6.08 Å². The molecule has 44 heavy (non-hydrogen) atoms. The van der Waals surface area contributed by atoms with Crippen molar-refractivity contribution in [2.45, 2.75) is 31.7 Å². The van der Waals surface area contributed by atoms with Crippen LogP contribution in [0.5, 0.6) is 0 Å². The van der Waals surface area contributed by atoms with E-state index in [4.69, 9.17) is 0 Å². The fourth-order valence-corrected chi connectivity index (χ4v) is 5.97. The number of hydrogen-bond acceptors (Lipinski definition) is 4. The van der Waals surface area contributed by atoms with Gasteiger partial charge in [-0.15, -0.1) is 0 Å². The second kappa shape index (κ2) is 14.5. The average molecular weight is 618 g/mol. The van der Waals surface area contributed by atoms with E-state index < -0.39 is 17.8 Å². The van der Waals surface area contributed by atoms with Gasteiger partial charge in [0.25, 0.3) is 0 Å². The van der Waals surface area contributed by atoms with Gasteiger partial charge in [0.2, 0.25) is 11.8 Å². The summed E-state index contributed by atoms with van der Waals surface area (Å²) >= 11 is 1.51. The van der Waals surface area contributed by atoms with Gasteiger partial charge in [0.1, 0.15) is 6.04 Å². The molecule has 1 aliphatic rings. The molecule has 5 nitrogen and oxygen atoms in total. The number of alkyl halides is 3. The molecule has 0 N–H and O–H groups in total. The Balaban J connectivity index is 1.37. The number of benzene rings is 3. The van der Waals surface area contributed by atoms with Crippen molar-refractivity contribution in [3.8, 4) is 0 Å². The second-order valence-corrected chi connectivity index (χ2v) is 11.6. The third kappa shape index (κ3) is 8.45. The zero-order valence-electron chi connectivity index (χ0n) is 24.2. The Morgan fingerprint density at radius 1 is 0.818 bits per heavy atom. The minimum absolute atomic E-state index is 0.111. The van der Waals surface area contributed by atoms with E-state index in [9.17, 15) is 22.8 Å². The third-order valence-corrected chi connectivity index (χ3v) is 8.47. The van der Waals surface area contributed by atoms with Crippen LogP contribution in [-0.2, 0) is 35.3 Å². The highest BCUT2D eigenvalue weighted by Crippen LogP contribution is 2.29. The number of amides is 2. The maximum absolute atomic E-state index is 14.2. The van der Waals surface area contributed by atoms with Gasteiger partial charge < -0.3 is 9.80 Å². The van der Waals surface area contributed by atoms with Gasteiger partial charge in [0.05, 0.1) is 5.56 Å². The van der Waals surface area contributed by atoms with Crippen molar-refractivity contribution in [2.75, 3.05) is 26.2 Å². The molecule has 0 spiro atoms. The van der Waals surface area contributed by atoms with Gasteiger partial charge in [-0.3, -0.25) is 14.5 Å². The highest BCUT2D eigenvalue weighted by atomic mass is 32.1. The Kier molecular flexibility index (Phi) is 10.3. The molecule has 1 atom stereocenters. The van der Waals surface area contributed by atoms with Crippen LogP contribution in [0.3, 0.4) is 0 Å². The zero-order chi connectivity index (χ0) is 30.9. The molecule has 1 fully saturated rings. The molecule has 0 radical (unpaired) electrons. The number of piperazine rings is 1. The van der Waals surface area contributed by atoms with Crippen LogP contribution < -0.4 is 0 Å². The SMILES string of the molecule is O=C([C@H](Cc1ccccc1)N(Cc1ccsc1)C(=O)/C=C/c1ccc(C(F)(F)F)cc1)N1CCN(Cc2ccccc2)CC1. The Bertz CT molecular complexity index is 1520. The first-order chi connectivity index (χ1) is 21.3. The lowest BCUT2D eigenvalue weighted by molar-refractivity contribution is -0.145. The number of nitrogens with zero attached hydrogens (tertiary/aromatic N) is 3. The number of thiophene rings is 1. The molecule has 0 aliphatic carbocycles. The lowest BCUT2D eigenvalue weighted by Gasteiger charge is -2.39. The molecule has 3 aromatic carbocycles. The largest absolute Gasteiger partial charge is 0.416 e. The van der Waals surface area contributed by atoms with Gasteiger partial charge in [-0.2, -0.15) is 24.5 Å². The van der Waals surface area contributed by atoms with Crippen molar-refractivity contribution in [3.05, 3.63) is 136 Å². The predicted molar refractivity (Wildman–Crippen MR) is 168 cm³/mol. The summed E-state index contributed by atoms with van der Waals surface area (Å²) in [6.07, 6.45) is -1.26. The number of carbonyl (C=O) groups is 2. The van der Waals surface area contributed by atoms with Gasteiger partial charge in [-0.25, -0.2) is 0 Å². The molecular formula is C35H34F3N3O2S. The highest BCUT2D eigenvalue weighted by Gasteiger charge is 2.34. The van der Waals surface area contributed by atoms with E-state index in [0.29, 0.717) is 25.1 Å². The first kappa shape index (κ1) is 31.2. The second-order valence-electron chi connectivity index (χ2n) is 10.8. The first-order valence-corrected chi connectivity index (χ1v) is 15.5. The molecule has 228 valence electrons. The summed E-state index contributed by atoms with van der Waals surface area (Å²) in [7, 11) is 0. The van der Waals surface area contributed by atoms with Crippen molar-refractivity contribution in [3.63, 3.8) is 0 Å². The summed E-state index contributed by atoms with van der Waals surface area (Å²) in [5, 5.41) is 3.88. The van der Waals surface area contributed by atoms with Gasteiger partial charge in [0.15, 0.2) is 0 Å². The maximum Gasteiger partial charge on any atom is 0.416 e. The van der Waals surface area contributed by atoms with Crippen LogP contribution in [0.15, 0.2) is 108 Å². The fourth-order valence-electron chi connectivity index (χ4n) is 5.31. The molecule has 1 saturated heterocycles. The first-order valence-electron chi connectivity index (χ1n) is 14.5. The Labute approximate surface area is 259 Å². The van der Waals surface area contributed by atoms with Crippen LogP contribution in [0.2, 0.25) is 0 Å². The van der Waals surface area contributed by atoms with Crippen LogP contribution in [0.1, 0.15) is 27.8 Å². The molecule has 9 heteroatoms. The number of carbonyl (C=O) groups excluding carboxylic acids is 2. The molecule has 1 aliphatic heterocycles. The minimum atomic E-state index is -4.44. The number of rotatable bonds is 10. The summed E-state index contributed by atoms with van der Waals surface area (Å²) < 4.78 is 39.1. The summed E-state index contributed by atoms with van der Waals surface area (Å²) in [4.78, 5) is 33.8. The van der Waals surface area contributed by atoms with E-state index in [-0.39, 0.29) is 18.4 Å². The molecule has 4 aromatic rings. The molecular weight excluding hydrogens is 583 g/mol. The van der Waals surface area contributed by atoms with E-state index in [2.05, 4.69) is 17.0 Å². The van der Waals surface area contributed by atoms with Crippen molar-refractivity contribution in [1.29, 1.82) is 0 Å². The molecule has 5 rings (SSSR count). The van der Waals surface area contributed by atoms with Crippen LogP contribution >= 0.6 is 11.3 Å². The Morgan fingerprint density at radius 2 is 1.45 bits per heavy atom. The van der Waals surface area contributed by atoms with Gasteiger partial charge in [0, 0.05) is 51.8 Å². The van der Waals surface area contributed by atoms with E-state index in [0.717, 1.165) is 42.9 Å². The van der Waals surface area contributed by atoms with Crippen LogP contribution in [0, 0.1) is 0 Å². The standard InChI is InChI=1S/C35H34F3N3O2S/c36-35(37,38)31-14-11-27(12-15-31)13-16-33(42)41(25-30-17-22-44-26-30)32(23-28-7-3-1-4-8-28)34(43)40-20-18-39(19-21-40)24-29-9-5-2-6-10-29/h1-17,22,26,32H,18-21,23-25H2/b16-13+/t32-/m0/s1. The van der Waals surface area contributed by atoms with E-state index in [1.54, 1.807) is 4.90 Å². The van der Waals surface area contributed by atoms with Crippen molar-refractivity contribution in [1.82, 2.24) is 14.7 Å². The van der Waals surface area contributed by atoms with Crippen molar-refractivity contribution in [2.24, 2.45) is 0 Å². The Morgan fingerprint density at radius 3 is 2.05 bits per heavy atom.